The monoisotopic (exact) mass is 565 g/mol. The molecule has 0 atom stereocenters. The molecule has 0 aliphatic rings. The fourth-order valence-electron chi connectivity index (χ4n) is 6.07. The van der Waals surface area contributed by atoms with E-state index in [1.54, 1.807) is 16.7 Å². The maximum Gasteiger partial charge on any atom is 0.196 e. The predicted molar refractivity (Wildman–Crippen MR) is 184 cm³/mol. The van der Waals surface area contributed by atoms with E-state index in [0.717, 1.165) is 31.5 Å². The van der Waals surface area contributed by atoms with E-state index in [4.69, 9.17) is 5.11 Å². The van der Waals surface area contributed by atoms with Crippen molar-refractivity contribution in [2.75, 3.05) is 6.54 Å². The molecule has 3 aromatic rings. The van der Waals surface area contributed by atoms with Gasteiger partial charge in [-0.3, -0.25) is 0 Å². The number of azo groups is 2. The van der Waals surface area contributed by atoms with Crippen molar-refractivity contribution in [2.24, 2.45) is 5.11 Å². The summed E-state index contributed by atoms with van der Waals surface area (Å²) in [6.45, 7) is 14.5. The van der Waals surface area contributed by atoms with Gasteiger partial charge < -0.3 is 0 Å². The quantitative estimate of drug-likeness (QED) is 0.0828. The van der Waals surface area contributed by atoms with Gasteiger partial charge in [-0.1, -0.05) is 114 Å². The standard InChI is InChI=1S/C40H57N2/c1-7-13-16-20-25-39-33(10-4)30-37(31-40(39)34-23-18-17-19-24-34)41-42(12-6)27-26-32-28-35(21-14-8-2)38(11-5)36(29-32)22-15-9-3/h17-19,23-24,26-31H,7-16,20-22,25H2,1-6H3/q+1. The number of nitrogens with zero attached hydrogens (tertiary/aromatic N) is 2. The van der Waals surface area contributed by atoms with Crippen molar-refractivity contribution in [3.8, 4) is 11.1 Å². The first kappa shape index (κ1) is 33.5. The number of rotatable bonds is 18. The SMILES string of the molecule is CCCCCCc1c(CC)cc(N=[N+](C=Cc2cc(CCCC)c(CC)c(CCCC)c2)CC)cc1-c1ccccc1. The average molecular weight is 566 g/mol. The molecule has 3 aromatic carbocycles. The summed E-state index contributed by atoms with van der Waals surface area (Å²) in [7, 11) is 0. The number of aryl methyl sites for hydroxylation is 3. The lowest BCUT2D eigenvalue weighted by Gasteiger charge is -2.16. The molecule has 3 rings (SSSR count). The zero-order chi connectivity index (χ0) is 30.2. The van der Waals surface area contributed by atoms with Crippen LogP contribution < -0.4 is 0 Å². The van der Waals surface area contributed by atoms with E-state index in [0.29, 0.717) is 0 Å². The van der Waals surface area contributed by atoms with E-state index in [1.807, 2.05) is 0 Å². The highest BCUT2D eigenvalue weighted by Crippen LogP contribution is 2.33. The third kappa shape index (κ3) is 9.79. The smallest absolute Gasteiger partial charge is 0.0910 e. The lowest BCUT2D eigenvalue weighted by Crippen LogP contribution is -2.03. The van der Waals surface area contributed by atoms with Gasteiger partial charge in [0.25, 0.3) is 0 Å². The molecule has 0 amide bonds. The molecule has 0 saturated heterocycles. The van der Waals surface area contributed by atoms with Crippen LogP contribution in [0.5, 0.6) is 0 Å². The van der Waals surface area contributed by atoms with Crippen LogP contribution in [0, 0.1) is 0 Å². The highest BCUT2D eigenvalue weighted by molar-refractivity contribution is 5.72. The summed E-state index contributed by atoms with van der Waals surface area (Å²) in [5, 5.41) is 5.16. The minimum Gasteiger partial charge on any atom is -0.0910 e. The lowest BCUT2D eigenvalue weighted by atomic mass is 9.90. The fraction of sp³-hybridized carbons (Fsp3) is 0.500. The summed E-state index contributed by atoms with van der Waals surface area (Å²) in [5.74, 6) is 0. The van der Waals surface area contributed by atoms with Crippen LogP contribution in [0.1, 0.15) is 126 Å². The maximum atomic E-state index is 5.16. The number of unbranched alkanes of at least 4 members (excludes halogenated alkanes) is 5. The van der Waals surface area contributed by atoms with E-state index in [2.05, 4.69) is 113 Å². The largest absolute Gasteiger partial charge is 0.196 e. The minimum atomic E-state index is 0.829. The van der Waals surface area contributed by atoms with Crippen molar-refractivity contribution in [3.63, 3.8) is 0 Å². The normalized spacial score (nSPS) is 12.0. The summed E-state index contributed by atoms with van der Waals surface area (Å²) >= 11 is 0. The first-order chi connectivity index (χ1) is 20.6. The van der Waals surface area contributed by atoms with E-state index >= 15 is 0 Å². The van der Waals surface area contributed by atoms with Gasteiger partial charge in [-0.2, -0.15) is 0 Å². The van der Waals surface area contributed by atoms with Crippen LogP contribution in [0.25, 0.3) is 17.2 Å². The first-order valence-corrected chi connectivity index (χ1v) is 17.1. The van der Waals surface area contributed by atoms with Crippen molar-refractivity contribution in [1.29, 1.82) is 0 Å². The van der Waals surface area contributed by atoms with E-state index in [-0.39, 0.29) is 0 Å². The first-order valence-electron chi connectivity index (χ1n) is 17.1. The number of hydrogen-bond acceptors (Lipinski definition) is 1. The van der Waals surface area contributed by atoms with Crippen LogP contribution in [-0.2, 0) is 32.1 Å². The maximum absolute atomic E-state index is 5.16. The summed E-state index contributed by atoms with van der Waals surface area (Å²) < 4.78 is 2.11. The Hall–Kier alpha value is -3.00. The molecule has 226 valence electrons. The number of benzene rings is 3. The van der Waals surface area contributed by atoms with Crippen LogP contribution >= 0.6 is 0 Å². The zero-order valence-electron chi connectivity index (χ0n) is 27.6. The van der Waals surface area contributed by atoms with Crippen LogP contribution in [0.15, 0.2) is 65.9 Å². The second kappa shape index (κ2) is 18.5. The van der Waals surface area contributed by atoms with E-state index < -0.39 is 0 Å². The van der Waals surface area contributed by atoms with Gasteiger partial charge in [-0.25, -0.2) is 0 Å². The summed E-state index contributed by atoms with van der Waals surface area (Å²) in [6, 6.07) is 20.4. The van der Waals surface area contributed by atoms with E-state index in [1.165, 1.54) is 92.0 Å². The molecule has 0 aliphatic heterocycles. The van der Waals surface area contributed by atoms with Crippen molar-refractivity contribution in [1.82, 2.24) is 0 Å². The van der Waals surface area contributed by atoms with Gasteiger partial charge in [0.15, 0.2) is 12.7 Å². The highest BCUT2D eigenvalue weighted by Gasteiger charge is 2.14. The van der Waals surface area contributed by atoms with Gasteiger partial charge >= 0.3 is 0 Å². The Balaban J connectivity index is 2.00. The lowest BCUT2D eigenvalue weighted by molar-refractivity contribution is -0.519. The van der Waals surface area contributed by atoms with Crippen molar-refractivity contribution in [3.05, 3.63) is 94.2 Å². The van der Waals surface area contributed by atoms with Gasteiger partial charge in [0, 0.05) is 6.08 Å². The summed E-state index contributed by atoms with van der Waals surface area (Å²) in [5.41, 5.74) is 12.6. The van der Waals surface area contributed by atoms with Crippen molar-refractivity contribution < 1.29 is 4.70 Å². The molecule has 0 unspecified atom stereocenters. The highest BCUT2D eigenvalue weighted by atomic mass is 15.2. The fourth-order valence-corrected chi connectivity index (χ4v) is 6.07. The summed E-state index contributed by atoms with van der Waals surface area (Å²) in [4.78, 5) is 0. The van der Waals surface area contributed by atoms with Crippen LogP contribution in [0.2, 0.25) is 0 Å². The van der Waals surface area contributed by atoms with Crippen LogP contribution in [-0.4, -0.2) is 11.2 Å². The zero-order valence-corrected chi connectivity index (χ0v) is 27.6. The molecule has 0 fully saturated rings. The summed E-state index contributed by atoms with van der Waals surface area (Å²) in [6.07, 6.45) is 20.2. The second-order valence-corrected chi connectivity index (χ2v) is 11.7. The Labute approximate surface area is 258 Å². The van der Waals surface area contributed by atoms with Gasteiger partial charge in [0.2, 0.25) is 0 Å². The van der Waals surface area contributed by atoms with Gasteiger partial charge in [-0.05, 0) is 120 Å². The third-order valence-electron chi connectivity index (χ3n) is 8.49. The molecule has 0 spiro atoms. The Bertz CT molecular complexity index is 1250. The Morgan fingerprint density at radius 1 is 0.619 bits per heavy atom. The van der Waals surface area contributed by atoms with Crippen molar-refractivity contribution >= 4 is 11.8 Å². The Morgan fingerprint density at radius 2 is 1.29 bits per heavy atom. The molecule has 0 saturated carbocycles. The molecule has 42 heavy (non-hydrogen) atoms. The molecular formula is C40H57N2+. The minimum absolute atomic E-state index is 0.829. The molecule has 2 nitrogen and oxygen atoms in total. The molecule has 2 heteroatoms. The van der Waals surface area contributed by atoms with Crippen LogP contribution in [0.3, 0.4) is 0 Å². The molecule has 0 N–H and O–H groups in total. The molecular weight excluding hydrogens is 508 g/mol. The molecule has 0 bridgehead atoms. The van der Waals surface area contributed by atoms with Gasteiger partial charge in [0.05, 0.1) is 0 Å². The van der Waals surface area contributed by atoms with Crippen LogP contribution in [0.4, 0.5) is 5.69 Å². The molecule has 0 aromatic heterocycles. The second-order valence-electron chi connectivity index (χ2n) is 11.7. The average Bonchev–Trinajstić information content (AvgIpc) is 3.03. The Morgan fingerprint density at radius 3 is 1.86 bits per heavy atom. The van der Waals surface area contributed by atoms with E-state index in [9.17, 15) is 0 Å². The Kier molecular flexibility index (Phi) is 14.8. The van der Waals surface area contributed by atoms with Gasteiger partial charge in [-0.15, -0.1) is 0 Å². The third-order valence-corrected chi connectivity index (χ3v) is 8.49. The van der Waals surface area contributed by atoms with Gasteiger partial charge in [0.1, 0.15) is 5.69 Å². The number of hydrogen-bond donors (Lipinski definition) is 0. The molecule has 0 radical (unpaired) electrons. The topological polar surface area (TPSA) is 15.4 Å². The molecule has 0 aliphatic carbocycles. The molecule has 0 heterocycles. The van der Waals surface area contributed by atoms with Crippen molar-refractivity contribution in [2.45, 2.75) is 125 Å². The predicted octanol–water partition coefficient (Wildman–Crippen LogP) is 12.1.